The number of alkyl halides is 1. The fourth-order valence-corrected chi connectivity index (χ4v) is 1.34. The summed E-state index contributed by atoms with van der Waals surface area (Å²) in [6.07, 6.45) is 1.42. The summed E-state index contributed by atoms with van der Waals surface area (Å²) >= 11 is 5.91. The van der Waals surface area contributed by atoms with Gasteiger partial charge in [0.05, 0.1) is 0 Å². The Balaban J connectivity index is 4.53. The van der Waals surface area contributed by atoms with Crippen LogP contribution in [0.2, 0.25) is 19.6 Å². The Kier molecular flexibility index (Phi) is 4.24. The van der Waals surface area contributed by atoms with Crippen molar-refractivity contribution < 1.29 is 5.11 Å². The van der Waals surface area contributed by atoms with Crippen LogP contribution in [0, 0.1) is 11.5 Å². The van der Waals surface area contributed by atoms with E-state index in [0.717, 1.165) is 0 Å². The molecule has 0 heterocycles. The van der Waals surface area contributed by atoms with Crippen molar-refractivity contribution in [2.45, 2.75) is 37.5 Å². The van der Waals surface area contributed by atoms with Crippen molar-refractivity contribution in [2.24, 2.45) is 0 Å². The molecule has 0 aliphatic carbocycles. The van der Waals surface area contributed by atoms with E-state index in [1.165, 1.54) is 6.08 Å². The molecule has 74 valence electrons. The van der Waals surface area contributed by atoms with E-state index in [9.17, 15) is 5.11 Å². The molecule has 3 heteroatoms. The average molecular weight is 217 g/mol. The van der Waals surface area contributed by atoms with Crippen LogP contribution in [0.5, 0.6) is 0 Å². The van der Waals surface area contributed by atoms with Crippen LogP contribution in [0.3, 0.4) is 0 Å². The zero-order valence-corrected chi connectivity index (χ0v) is 10.4. The van der Waals surface area contributed by atoms with Crippen molar-refractivity contribution >= 4 is 19.7 Å². The van der Waals surface area contributed by atoms with Gasteiger partial charge in [-0.15, -0.1) is 23.7 Å². The highest BCUT2D eigenvalue weighted by molar-refractivity contribution is 6.83. The van der Waals surface area contributed by atoms with Crippen molar-refractivity contribution in [3.8, 4) is 11.5 Å². The van der Waals surface area contributed by atoms with Crippen LogP contribution in [0.25, 0.3) is 0 Å². The predicted octanol–water partition coefficient (Wildman–Crippen LogP) is 2.41. The third-order valence-electron chi connectivity index (χ3n) is 1.50. The van der Waals surface area contributed by atoms with E-state index in [2.05, 4.69) is 37.7 Å². The van der Waals surface area contributed by atoms with Crippen molar-refractivity contribution in [1.82, 2.24) is 0 Å². The van der Waals surface area contributed by atoms with Gasteiger partial charge in [0.15, 0.2) is 0 Å². The fraction of sp³-hybridized carbons (Fsp3) is 0.600. The molecule has 0 unspecified atom stereocenters. The Labute approximate surface area is 86.8 Å². The summed E-state index contributed by atoms with van der Waals surface area (Å²) in [5.41, 5.74) is 2.01. The Morgan fingerprint density at radius 1 is 1.54 bits per heavy atom. The lowest BCUT2D eigenvalue weighted by molar-refractivity contribution is 0.121. The highest BCUT2D eigenvalue weighted by atomic mass is 35.5. The first-order valence-electron chi connectivity index (χ1n) is 4.22. The van der Waals surface area contributed by atoms with E-state index >= 15 is 0 Å². The van der Waals surface area contributed by atoms with Crippen LogP contribution in [-0.4, -0.2) is 24.2 Å². The molecule has 2 atom stereocenters. The van der Waals surface area contributed by atoms with E-state index in [4.69, 9.17) is 11.6 Å². The predicted molar refractivity (Wildman–Crippen MR) is 61.6 cm³/mol. The number of hydrogen-bond donors (Lipinski definition) is 1. The number of hydrogen-bond acceptors (Lipinski definition) is 1. The van der Waals surface area contributed by atoms with Crippen molar-refractivity contribution in [1.29, 1.82) is 0 Å². The first kappa shape index (κ1) is 12.8. The molecular weight excluding hydrogens is 200 g/mol. The lowest BCUT2D eigenvalue weighted by atomic mass is 10.0. The molecule has 0 fully saturated rings. The minimum absolute atomic E-state index is 0.572. The van der Waals surface area contributed by atoms with Crippen molar-refractivity contribution in [3.05, 3.63) is 12.7 Å². The van der Waals surface area contributed by atoms with Crippen LogP contribution in [0.4, 0.5) is 0 Å². The van der Waals surface area contributed by atoms with Crippen LogP contribution >= 0.6 is 11.6 Å². The summed E-state index contributed by atoms with van der Waals surface area (Å²) in [6.45, 7) is 11.5. The molecule has 0 saturated carbocycles. The van der Waals surface area contributed by atoms with Crippen LogP contribution in [0.15, 0.2) is 12.7 Å². The molecule has 0 aliphatic heterocycles. The van der Waals surface area contributed by atoms with Gasteiger partial charge in [-0.05, 0) is 6.92 Å². The molecule has 1 nitrogen and oxygen atoms in total. The smallest absolute Gasteiger partial charge is 0.129 e. The fourth-order valence-electron chi connectivity index (χ4n) is 0.529. The van der Waals surface area contributed by atoms with Crippen molar-refractivity contribution in [2.75, 3.05) is 0 Å². The maximum Gasteiger partial charge on any atom is 0.129 e. The second kappa shape index (κ2) is 4.32. The Bertz CT molecular complexity index is 242. The summed E-state index contributed by atoms with van der Waals surface area (Å²) in [5, 5.41) is 9.08. The maximum absolute atomic E-state index is 9.65. The van der Waals surface area contributed by atoms with E-state index in [1.54, 1.807) is 6.92 Å². The number of rotatable bonds is 2. The summed E-state index contributed by atoms with van der Waals surface area (Å²) in [4.78, 5) is 0. The first-order chi connectivity index (χ1) is 5.69. The van der Waals surface area contributed by atoms with Gasteiger partial charge in [-0.3, -0.25) is 0 Å². The second-order valence-corrected chi connectivity index (χ2v) is 9.50. The molecule has 0 saturated heterocycles. The number of halogens is 1. The van der Waals surface area contributed by atoms with E-state index < -0.39 is 19.1 Å². The van der Waals surface area contributed by atoms with Gasteiger partial charge in [-0.25, -0.2) is 0 Å². The van der Waals surface area contributed by atoms with Crippen LogP contribution < -0.4 is 0 Å². The zero-order valence-electron chi connectivity index (χ0n) is 8.69. The molecular formula is C10H17ClOSi. The monoisotopic (exact) mass is 216 g/mol. The van der Waals surface area contributed by atoms with Crippen LogP contribution in [0.1, 0.15) is 6.92 Å². The Hall–Kier alpha value is -0.233. The minimum atomic E-state index is -1.40. The van der Waals surface area contributed by atoms with Crippen molar-refractivity contribution in [3.63, 3.8) is 0 Å². The van der Waals surface area contributed by atoms with Crippen LogP contribution in [-0.2, 0) is 0 Å². The SMILES string of the molecule is C=C[C@@](C)(O)[C@@H](Cl)C#C[Si](C)(C)C. The molecule has 0 bridgehead atoms. The molecule has 0 aliphatic rings. The molecule has 0 aromatic rings. The van der Waals surface area contributed by atoms with E-state index in [0.29, 0.717) is 0 Å². The average Bonchev–Trinajstić information content (AvgIpc) is 1.98. The van der Waals surface area contributed by atoms with E-state index in [-0.39, 0.29) is 0 Å². The maximum atomic E-state index is 9.65. The lowest BCUT2D eigenvalue weighted by Crippen LogP contribution is -2.32. The van der Waals surface area contributed by atoms with Gasteiger partial charge in [0.1, 0.15) is 19.1 Å². The summed E-state index contributed by atoms with van der Waals surface area (Å²) in [6, 6.07) is 0. The van der Waals surface area contributed by atoms with Gasteiger partial charge >= 0.3 is 0 Å². The standard InChI is InChI=1S/C10H17ClOSi/c1-6-10(2,12)9(11)7-8-13(3,4)5/h6,9,12H,1H2,2-5H3/t9-,10+/m0/s1. The molecule has 0 rings (SSSR count). The summed E-state index contributed by atoms with van der Waals surface area (Å²) in [5.74, 6) is 2.87. The Morgan fingerprint density at radius 3 is 2.31 bits per heavy atom. The minimum Gasteiger partial charge on any atom is -0.384 e. The largest absolute Gasteiger partial charge is 0.384 e. The van der Waals surface area contributed by atoms with E-state index in [1.807, 2.05) is 0 Å². The molecule has 0 amide bonds. The van der Waals surface area contributed by atoms with Gasteiger partial charge in [0, 0.05) is 0 Å². The first-order valence-corrected chi connectivity index (χ1v) is 8.15. The Morgan fingerprint density at radius 2 is 2.00 bits per heavy atom. The van der Waals surface area contributed by atoms with Gasteiger partial charge in [-0.2, -0.15) is 0 Å². The molecule has 13 heavy (non-hydrogen) atoms. The van der Waals surface area contributed by atoms with Gasteiger partial charge in [0.25, 0.3) is 0 Å². The normalized spacial score (nSPS) is 18.0. The second-order valence-electron chi connectivity index (χ2n) is 4.31. The highest BCUT2D eigenvalue weighted by Crippen LogP contribution is 2.16. The highest BCUT2D eigenvalue weighted by Gasteiger charge is 2.25. The van der Waals surface area contributed by atoms with Gasteiger partial charge < -0.3 is 5.11 Å². The quantitative estimate of drug-likeness (QED) is 0.325. The third kappa shape index (κ3) is 5.15. The topological polar surface area (TPSA) is 20.2 Å². The molecule has 0 radical (unpaired) electrons. The molecule has 0 aromatic carbocycles. The molecule has 1 N–H and O–H groups in total. The number of aliphatic hydroxyl groups is 1. The third-order valence-corrected chi connectivity index (χ3v) is 2.95. The summed E-state index contributed by atoms with van der Waals surface area (Å²) < 4.78 is 0. The zero-order chi connectivity index (χ0) is 10.7. The van der Waals surface area contributed by atoms with Gasteiger partial charge in [-0.1, -0.05) is 31.6 Å². The summed E-state index contributed by atoms with van der Waals surface area (Å²) in [7, 11) is -1.40. The molecule has 0 spiro atoms. The lowest BCUT2D eigenvalue weighted by Gasteiger charge is -2.20. The van der Waals surface area contributed by atoms with Gasteiger partial charge in [0.2, 0.25) is 0 Å². The molecule has 0 aromatic heterocycles.